The van der Waals surface area contributed by atoms with Crippen molar-refractivity contribution in [1.29, 1.82) is 0 Å². The SMILES string of the molecule is Cl.NCC1(CC(=O)NCC2(c3ccc(F)cc3)CC2)CCCCC1. The van der Waals surface area contributed by atoms with Gasteiger partial charge in [-0.2, -0.15) is 0 Å². The van der Waals surface area contributed by atoms with Gasteiger partial charge in [0.1, 0.15) is 5.82 Å². The monoisotopic (exact) mass is 354 g/mol. The molecule has 0 radical (unpaired) electrons. The molecule has 0 saturated heterocycles. The number of carbonyl (C=O) groups is 1. The molecule has 134 valence electrons. The summed E-state index contributed by atoms with van der Waals surface area (Å²) >= 11 is 0. The van der Waals surface area contributed by atoms with Gasteiger partial charge in [0, 0.05) is 18.4 Å². The summed E-state index contributed by atoms with van der Waals surface area (Å²) in [6.07, 6.45) is 8.43. The van der Waals surface area contributed by atoms with Gasteiger partial charge in [-0.1, -0.05) is 31.4 Å². The van der Waals surface area contributed by atoms with Gasteiger partial charge in [0.2, 0.25) is 5.91 Å². The minimum atomic E-state index is -0.212. The second kappa shape index (κ2) is 7.83. The van der Waals surface area contributed by atoms with Crippen LogP contribution in [0, 0.1) is 11.2 Å². The summed E-state index contributed by atoms with van der Waals surface area (Å²) in [5, 5.41) is 3.12. The van der Waals surface area contributed by atoms with Crippen LogP contribution in [0.5, 0.6) is 0 Å². The summed E-state index contributed by atoms with van der Waals surface area (Å²) in [6.45, 7) is 1.25. The number of halogens is 2. The van der Waals surface area contributed by atoms with E-state index in [1.165, 1.54) is 31.4 Å². The van der Waals surface area contributed by atoms with E-state index in [4.69, 9.17) is 5.73 Å². The molecular formula is C19H28ClFN2O. The smallest absolute Gasteiger partial charge is 0.220 e. The first-order valence-electron chi connectivity index (χ1n) is 8.80. The van der Waals surface area contributed by atoms with E-state index in [2.05, 4.69) is 5.32 Å². The van der Waals surface area contributed by atoms with Crippen molar-refractivity contribution in [2.24, 2.45) is 11.1 Å². The third kappa shape index (κ3) is 4.28. The van der Waals surface area contributed by atoms with Crippen LogP contribution in [0.15, 0.2) is 24.3 Å². The third-order valence-corrected chi connectivity index (χ3v) is 5.82. The lowest BCUT2D eigenvalue weighted by Gasteiger charge is -2.35. The fraction of sp³-hybridized carbons (Fsp3) is 0.632. The first kappa shape index (κ1) is 19.2. The molecule has 3 nitrogen and oxygen atoms in total. The molecule has 24 heavy (non-hydrogen) atoms. The van der Waals surface area contributed by atoms with E-state index < -0.39 is 0 Å². The Labute approximate surface area is 150 Å². The topological polar surface area (TPSA) is 55.1 Å². The van der Waals surface area contributed by atoms with Crippen molar-refractivity contribution in [3.05, 3.63) is 35.6 Å². The highest BCUT2D eigenvalue weighted by atomic mass is 35.5. The predicted molar refractivity (Wildman–Crippen MR) is 96.8 cm³/mol. The first-order chi connectivity index (χ1) is 11.1. The second-order valence-electron chi connectivity index (χ2n) is 7.51. The Morgan fingerprint density at radius 1 is 1.08 bits per heavy atom. The van der Waals surface area contributed by atoms with Crippen LogP contribution in [-0.2, 0) is 10.2 Å². The van der Waals surface area contributed by atoms with Crippen LogP contribution in [0.3, 0.4) is 0 Å². The lowest BCUT2D eigenvalue weighted by atomic mass is 9.71. The van der Waals surface area contributed by atoms with Crippen LogP contribution >= 0.6 is 12.4 Å². The molecular weight excluding hydrogens is 327 g/mol. The number of nitrogens with two attached hydrogens (primary N) is 1. The molecule has 0 aromatic heterocycles. The van der Waals surface area contributed by atoms with Crippen molar-refractivity contribution < 1.29 is 9.18 Å². The van der Waals surface area contributed by atoms with Gasteiger partial charge >= 0.3 is 0 Å². The Kier molecular flexibility index (Phi) is 6.27. The van der Waals surface area contributed by atoms with Gasteiger partial charge in [-0.05, 0) is 55.3 Å². The largest absolute Gasteiger partial charge is 0.355 e. The zero-order valence-electron chi connectivity index (χ0n) is 14.2. The van der Waals surface area contributed by atoms with Crippen LogP contribution in [0.2, 0.25) is 0 Å². The highest BCUT2D eigenvalue weighted by Gasteiger charge is 2.44. The van der Waals surface area contributed by atoms with E-state index in [0.717, 1.165) is 31.2 Å². The molecule has 2 aliphatic carbocycles. The van der Waals surface area contributed by atoms with E-state index in [9.17, 15) is 9.18 Å². The Morgan fingerprint density at radius 2 is 1.71 bits per heavy atom. The first-order valence-corrected chi connectivity index (χ1v) is 8.80. The van der Waals surface area contributed by atoms with Gasteiger partial charge in [-0.15, -0.1) is 12.4 Å². The summed E-state index contributed by atoms with van der Waals surface area (Å²) in [5.41, 5.74) is 7.13. The lowest BCUT2D eigenvalue weighted by Crippen LogP contribution is -2.40. The normalized spacial score (nSPS) is 20.8. The Morgan fingerprint density at radius 3 is 2.25 bits per heavy atom. The van der Waals surface area contributed by atoms with Gasteiger partial charge in [-0.25, -0.2) is 4.39 Å². The van der Waals surface area contributed by atoms with E-state index in [0.29, 0.717) is 19.5 Å². The molecule has 1 amide bonds. The molecule has 5 heteroatoms. The second-order valence-corrected chi connectivity index (χ2v) is 7.51. The molecule has 0 atom stereocenters. The minimum Gasteiger partial charge on any atom is -0.355 e. The van der Waals surface area contributed by atoms with Crippen LogP contribution in [-0.4, -0.2) is 19.0 Å². The van der Waals surface area contributed by atoms with Gasteiger partial charge in [-0.3, -0.25) is 4.79 Å². The molecule has 3 rings (SSSR count). The zero-order chi connectivity index (χ0) is 16.3. The Balaban J connectivity index is 0.00000208. The fourth-order valence-corrected chi connectivity index (χ4v) is 3.95. The standard InChI is InChI=1S/C19H27FN2O.ClH/c20-16-6-4-15(5-7-16)19(10-11-19)14-22-17(23)12-18(13-21)8-2-1-3-9-18;/h4-7H,1-3,8-14,21H2,(H,22,23);1H. The van der Waals surface area contributed by atoms with E-state index in [-0.39, 0.29) is 35.0 Å². The molecule has 2 saturated carbocycles. The molecule has 0 heterocycles. The van der Waals surface area contributed by atoms with Gasteiger partial charge in [0.15, 0.2) is 0 Å². The molecule has 0 spiro atoms. The van der Waals surface area contributed by atoms with E-state index in [1.807, 2.05) is 12.1 Å². The van der Waals surface area contributed by atoms with Crippen molar-refractivity contribution in [3.8, 4) is 0 Å². The van der Waals surface area contributed by atoms with Crippen LogP contribution in [0.25, 0.3) is 0 Å². The van der Waals surface area contributed by atoms with Crippen molar-refractivity contribution >= 4 is 18.3 Å². The average Bonchev–Trinajstić information content (AvgIpc) is 3.36. The van der Waals surface area contributed by atoms with Crippen molar-refractivity contribution in [3.63, 3.8) is 0 Å². The Hall–Kier alpha value is -1.13. The number of carbonyl (C=O) groups excluding carboxylic acids is 1. The number of rotatable bonds is 6. The average molecular weight is 355 g/mol. The minimum absolute atomic E-state index is 0. The quantitative estimate of drug-likeness (QED) is 0.818. The lowest BCUT2D eigenvalue weighted by molar-refractivity contribution is -0.124. The fourth-order valence-electron chi connectivity index (χ4n) is 3.95. The molecule has 0 unspecified atom stereocenters. The maximum atomic E-state index is 13.1. The van der Waals surface area contributed by atoms with Crippen LogP contribution < -0.4 is 11.1 Å². The van der Waals surface area contributed by atoms with Gasteiger partial charge in [0.25, 0.3) is 0 Å². The number of benzene rings is 1. The molecule has 2 aliphatic rings. The number of hydrogen-bond acceptors (Lipinski definition) is 2. The predicted octanol–water partition coefficient (Wildman–Crippen LogP) is 3.69. The summed E-state index contributed by atoms with van der Waals surface area (Å²) in [5.74, 6) is -0.0958. The molecule has 0 aliphatic heterocycles. The molecule has 3 N–H and O–H groups in total. The summed E-state index contributed by atoms with van der Waals surface area (Å²) in [6, 6.07) is 6.69. The molecule has 2 fully saturated rings. The van der Waals surface area contributed by atoms with Crippen molar-refractivity contribution in [2.75, 3.05) is 13.1 Å². The third-order valence-electron chi connectivity index (χ3n) is 5.82. The van der Waals surface area contributed by atoms with Gasteiger partial charge < -0.3 is 11.1 Å². The number of amides is 1. The maximum Gasteiger partial charge on any atom is 0.220 e. The summed E-state index contributed by atoms with van der Waals surface area (Å²) < 4.78 is 13.1. The maximum absolute atomic E-state index is 13.1. The van der Waals surface area contributed by atoms with Crippen molar-refractivity contribution in [2.45, 2.75) is 56.8 Å². The highest BCUT2D eigenvalue weighted by molar-refractivity contribution is 5.85. The number of hydrogen-bond donors (Lipinski definition) is 2. The number of nitrogens with one attached hydrogen (secondary N) is 1. The van der Waals surface area contributed by atoms with Gasteiger partial charge in [0.05, 0.1) is 0 Å². The molecule has 1 aromatic rings. The summed E-state index contributed by atoms with van der Waals surface area (Å²) in [4.78, 5) is 12.4. The molecule has 1 aromatic carbocycles. The van der Waals surface area contributed by atoms with E-state index in [1.54, 1.807) is 0 Å². The molecule has 0 bridgehead atoms. The highest BCUT2D eigenvalue weighted by Crippen LogP contribution is 2.47. The van der Waals surface area contributed by atoms with E-state index >= 15 is 0 Å². The van der Waals surface area contributed by atoms with Crippen LogP contribution in [0.4, 0.5) is 4.39 Å². The Bertz CT molecular complexity index is 551. The van der Waals surface area contributed by atoms with Crippen molar-refractivity contribution in [1.82, 2.24) is 5.32 Å². The van der Waals surface area contributed by atoms with Crippen LogP contribution in [0.1, 0.15) is 56.9 Å². The summed E-state index contributed by atoms with van der Waals surface area (Å²) in [7, 11) is 0. The zero-order valence-corrected chi connectivity index (χ0v) is 15.0.